The van der Waals surface area contributed by atoms with Crippen LogP contribution in [0.3, 0.4) is 0 Å². The summed E-state index contributed by atoms with van der Waals surface area (Å²) in [4.78, 5) is 8.78. The van der Waals surface area contributed by atoms with Crippen molar-refractivity contribution in [2.45, 2.75) is 27.1 Å². The van der Waals surface area contributed by atoms with Gasteiger partial charge < -0.3 is 4.90 Å². The molecule has 2 aliphatic rings. The zero-order valence-corrected chi connectivity index (χ0v) is 16.3. The minimum absolute atomic E-state index is 0.132. The fraction of sp³-hybridized carbons (Fsp3) is 0.400. The Bertz CT molecular complexity index is 772. The Labute approximate surface area is 157 Å². The normalized spacial score (nSPS) is 21.5. The molecule has 2 nitrogen and oxygen atoms in total. The largest absolute Gasteiger partial charge is 0.304 e. The maximum absolute atomic E-state index is 13.9. The van der Waals surface area contributed by atoms with Crippen LogP contribution in [0.25, 0.3) is 0 Å². The first kappa shape index (κ1) is 17.4. The summed E-state index contributed by atoms with van der Waals surface area (Å²) in [5.74, 6) is -0.132. The van der Waals surface area contributed by atoms with E-state index in [0.717, 1.165) is 38.2 Å². The standard InChI is InChI=1S/C20H23FN2S2/c1-22-7-9-23(10-8-22)18-12-14-11-15(21)3-5-19(14)25-20-6-4-16(24-2)13-17(18)20/h3-6,11,13,18H,7-10,12H2,1-2H3. The molecule has 1 fully saturated rings. The van der Waals surface area contributed by atoms with Crippen molar-refractivity contribution in [1.29, 1.82) is 0 Å². The molecule has 1 saturated heterocycles. The van der Waals surface area contributed by atoms with E-state index in [4.69, 9.17) is 0 Å². The van der Waals surface area contributed by atoms with Gasteiger partial charge in [-0.15, -0.1) is 11.8 Å². The summed E-state index contributed by atoms with van der Waals surface area (Å²) in [6.45, 7) is 4.33. The summed E-state index contributed by atoms with van der Waals surface area (Å²) in [5, 5.41) is 0. The molecule has 0 N–H and O–H groups in total. The Balaban J connectivity index is 1.77. The van der Waals surface area contributed by atoms with Crippen molar-refractivity contribution >= 4 is 23.5 Å². The zero-order chi connectivity index (χ0) is 17.4. The number of hydrogen-bond donors (Lipinski definition) is 0. The molecule has 2 aromatic carbocycles. The lowest BCUT2D eigenvalue weighted by Crippen LogP contribution is -2.46. The van der Waals surface area contributed by atoms with E-state index < -0.39 is 0 Å². The molecule has 25 heavy (non-hydrogen) atoms. The van der Waals surface area contributed by atoms with Crippen LogP contribution in [-0.2, 0) is 6.42 Å². The highest BCUT2D eigenvalue weighted by molar-refractivity contribution is 7.99. The predicted molar refractivity (Wildman–Crippen MR) is 104 cm³/mol. The van der Waals surface area contributed by atoms with Crippen molar-refractivity contribution in [1.82, 2.24) is 9.80 Å². The predicted octanol–water partition coefficient (Wildman–Crippen LogP) is 4.54. The van der Waals surface area contributed by atoms with Gasteiger partial charge in [-0.05, 0) is 67.2 Å². The van der Waals surface area contributed by atoms with Crippen LogP contribution < -0.4 is 0 Å². The smallest absolute Gasteiger partial charge is 0.123 e. The second-order valence-electron chi connectivity index (χ2n) is 6.82. The average molecular weight is 375 g/mol. The second-order valence-corrected chi connectivity index (χ2v) is 8.78. The Hall–Kier alpha value is -1.01. The van der Waals surface area contributed by atoms with Gasteiger partial charge in [-0.1, -0.05) is 11.8 Å². The Morgan fingerprint density at radius 3 is 2.56 bits per heavy atom. The topological polar surface area (TPSA) is 6.48 Å². The van der Waals surface area contributed by atoms with Crippen molar-refractivity contribution in [3.05, 3.63) is 53.3 Å². The van der Waals surface area contributed by atoms with Gasteiger partial charge in [0, 0.05) is 46.9 Å². The first-order valence-electron chi connectivity index (χ1n) is 8.71. The van der Waals surface area contributed by atoms with Crippen LogP contribution in [0.1, 0.15) is 17.2 Å². The number of nitrogens with zero attached hydrogens (tertiary/aromatic N) is 2. The maximum atomic E-state index is 13.9. The molecule has 0 aliphatic carbocycles. The third kappa shape index (κ3) is 3.61. The highest BCUT2D eigenvalue weighted by Gasteiger charge is 2.29. The van der Waals surface area contributed by atoms with E-state index in [1.54, 1.807) is 35.7 Å². The molecule has 2 aromatic rings. The van der Waals surface area contributed by atoms with Crippen LogP contribution in [0.2, 0.25) is 0 Å². The number of fused-ring (bicyclic) bond motifs is 2. The number of halogens is 1. The lowest BCUT2D eigenvalue weighted by atomic mass is 9.96. The molecule has 2 heterocycles. The number of hydrogen-bond acceptors (Lipinski definition) is 4. The molecule has 132 valence electrons. The third-order valence-corrected chi connectivity index (χ3v) is 7.15. The summed E-state index contributed by atoms with van der Waals surface area (Å²) in [6, 6.07) is 12.4. The number of benzene rings is 2. The highest BCUT2D eigenvalue weighted by Crippen LogP contribution is 2.44. The SMILES string of the molecule is CSc1ccc2c(c1)C(N1CCN(C)CC1)Cc1cc(F)ccc1S2. The van der Waals surface area contributed by atoms with Gasteiger partial charge >= 0.3 is 0 Å². The van der Waals surface area contributed by atoms with E-state index >= 15 is 0 Å². The fourth-order valence-corrected chi connectivity index (χ4v) is 5.25. The van der Waals surface area contributed by atoms with Gasteiger partial charge in [0.1, 0.15) is 5.82 Å². The van der Waals surface area contributed by atoms with Gasteiger partial charge in [0.25, 0.3) is 0 Å². The van der Waals surface area contributed by atoms with Gasteiger partial charge in [0.05, 0.1) is 0 Å². The van der Waals surface area contributed by atoms with E-state index in [1.807, 2.05) is 6.07 Å². The second kappa shape index (κ2) is 7.31. The third-order valence-electron chi connectivity index (χ3n) is 5.21. The number of likely N-dealkylation sites (N-methyl/N-ethyl adjacent to an activating group) is 1. The van der Waals surface area contributed by atoms with Gasteiger partial charge in [-0.3, -0.25) is 4.90 Å². The molecule has 4 rings (SSSR count). The van der Waals surface area contributed by atoms with E-state index in [1.165, 1.54) is 20.2 Å². The van der Waals surface area contributed by atoms with Crippen LogP contribution in [0.5, 0.6) is 0 Å². The lowest BCUT2D eigenvalue weighted by Gasteiger charge is -2.38. The van der Waals surface area contributed by atoms with Gasteiger partial charge in [0.2, 0.25) is 0 Å². The monoisotopic (exact) mass is 374 g/mol. The van der Waals surface area contributed by atoms with Gasteiger partial charge in [-0.2, -0.15) is 0 Å². The zero-order valence-electron chi connectivity index (χ0n) is 14.7. The van der Waals surface area contributed by atoms with Crippen LogP contribution >= 0.6 is 23.5 Å². The van der Waals surface area contributed by atoms with Crippen LogP contribution in [-0.4, -0.2) is 49.3 Å². The first-order valence-corrected chi connectivity index (χ1v) is 10.7. The van der Waals surface area contributed by atoms with E-state index in [-0.39, 0.29) is 5.82 Å². The van der Waals surface area contributed by atoms with Crippen molar-refractivity contribution in [2.75, 3.05) is 39.5 Å². The van der Waals surface area contributed by atoms with E-state index in [0.29, 0.717) is 6.04 Å². The average Bonchev–Trinajstić information content (AvgIpc) is 2.78. The van der Waals surface area contributed by atoms with Gasteiger partial charge in [-0.25, -0.2) is 4.39 Å². The summed E-state index contributed by atoms with van der Waals surface area (Å²) in [5.41, 5.74) is 2.54. The molecule has 0 radical (unpaired) electrons. The van der Waals surface area contributed by atoms with Gasteiger partial charge in [0.15, 0.2) is 0 Å². The van der Waals surface area contributed by atoms with Crippen molar-refractivity contribution < 1.29 is 4.39 Å². The van der Waals surface area contributed by atoms with Crippen molar-refractivity contribution in [2.24, 2.45) is 0 Å². The number of rotatable bonds is 2. The van der Waals surface area contributed by atoms with E-state index in [9.17, 15) is 4.39 Å². The first-order chi connectivity index (χ1) is 12.1. The highest BCUT2D eigenvalue weighted by atomic mass is 32.2. The molecule has 5 heteroatoms. The quantitative estimate of drug-likeness (QED) is 0.712. The molecule has 0 aromatic heterocycles. The Morgan fingerprint density at radius 1 is 1.04 bits per heavy atom. The molecular weight excluding hydrogens is 351 g/mol. The van der Waals surface area contributed by atoms with Crippen LogP contribution in [0.4, 0.5) is 4.39 Å². The van der Waals surface area contributed by atoms with Crippen molar-refractivity contribution in [3.63, 3.8) is 0 Å². The summed E-state index contributed by atoms with van der Waals surface area (Å²) in [7, 11) is 2.19. The molecule has 0 amide bonds. The molecule has 1 atom stereocenters. The number of thioether (sulfide) groups is 1. The maximum Gasteiger partial charge on any atom is 0.123 e. The minimum atomic E-state index is -0.132. The van der Waals surface area contributed by atoms with Crippen LogP contribution in [0.15, 0.2) is 51.1 Å². The summed E-state index contributed by atoms with van der Waals surface area (Å²) in [6.07, 6.45) is 3.01. The molecule has 1 unspecified atom stereocenters. The lowest BCUT2D eigenvalue weighted by molar-refractivity contribution is 0.109. The molecular formula is C20H23FN2S2. The number of piperazine rings is 1. The summed E-state index contributed by atoms with van der Waals surface area (Å²) >= 11 is 3.57. The molecule has 0 saturated carbocycles. The Kier molecular flexibility index (Phi) is 5.09. The van der Waals surface area contributed by atoms with Crippen molar-refractivity contribution in [3.8, 4) is 0 Å². The summed E-state index contributed by atoms with van der Waals surface area (Å²) < 4.78 is 13.9. The van der Waals surface area contributed by atoms with Crippen LogP contribution in [0, 0.1) is 5.82 Å². The minimum Gasteiger partial charge on any atom is -0.304 e. The molecule has 0 bridgehead atoms. The van der Waals surface area contributed by atoms with E-state index in [2.05, 4.69) is 41.3 Å². The molecule has 2 aliphatic heterocycles. The Morgan fingerprint density at radius 2 is 1.80 bits per heavy atom. The molecule has 0 spiro atoms. The fourth-order valence-electron chi connectivity index (χ4n) is 3.71.